The van der Waals surface area contributed by atoms with Crippen LogP contribution in [-0.4, -0.2) is 106 Å². The molecule has 14 heteroatoms. The second kappa shape index (κ2) is 24.2. The van der Waals surface area contributed by atoms with Crippen LogP contribution in [0.4, 0.5) is 30.6 Å². The van der Waals surface area contributed by atoms with Crippen LogP contribution in [0.3, 0.4) is 0 Å². The number of rotatable bonds is 16. The van der Waals surface area contributed by atoms with E-state index in [0.29, 0.717) is 78.8 Å². The molecule has 2 aromatic rings. The maximum absolute atomic E-state index is 14.0. The van der Waals surface area contributed by atoms with Crippen LogP contribution in [0.2, 0.25) is 0 Å². The third kappa shape index (κ3) is 21.5. The SMILES string of the molecule is CC(C)(C)OC(=O)N(CCCCCN(CCCN(C(=O)OC(C)(C)C)c1cc(C(C)(C)C)c(O)c(C(C)(C)C)c1)C(=O)OC(C)(C)C)CCCN(C(=O)OC(C)(C)C)c1cc(C(C)(C)C)c(O)c(C(C)(C)C)c1. The minimum atomic E-state index is -0.769. The maximum Gasteiger partial charge on any atom is 0.414 e. The van der Waals surface area contributed by atoms with Gasteiger partial charge >= 0.3 is 24.4 Å². The average molecular weight is 1030 g/mol. The van der Waals surface area contributed by atoms with Crippen molar-refractivity contribution in [1.29, 1.82) is 0 Å². The van der Waals surface area contributed by atoms with Crippen LogP contribution in [-0.2, 0) is 40.6 Å². The topological polar surface area (TPSA) is 159 Å². The molecule has 0 radical (unpaired) electrons. The number of carbonyl (C=O) groups is 4. The molecule has 14 nitrogen and oxygen atoms in total. The van der Waals surface area contributed by atoms with Gasteiger partial charge in [0.15, 0.2) is 0 Å². The quantitative estimate of drug-likeness (QED) is 0.122. The first-order chi connectivity index (χ1) is 32.7. The second-order valence-electron chi connectivity index (χ2n) is 27.7. The predicted molar refractivity (Wildman–Crippen MR) is 297 cm³/mol. The fourth-order valence-electron chi connectivity index (χ4n) is 7.99. The maximum atomic E-state index is 14.0. The third-order valence-electron chi connectivity index (χ3n) is 11.6. The standard InChI is InChI=1S/C59H100N4O10/c1-52(2,3)42-36-40(37-43(46(42)64)53(4,5)6)62(50(68)72-58(19,20)21)34-28-32-60(48(66)70-56(13,14)15)30-26-25-27-31-61(49(67)71-57(16,17)18)33-29-35-63(51(69)73-59(22,23)24)41-38-44(54(7,8)9)47(65)45(39-41)55(10,11)12/h36-39,64-65H,25-35H2,1-24H3. The Kier molecular flexibility index (Phi) is 21.3. The highest BCUT2D eigenvalue weighted by molar-refractivity contribution is 5.89. The zero-order valence-electron chi connectivity index (χ0n) is 50.0. The third-order valence-corrected chi connectivity index (χ3v) is 11.6. The molecule has 416 valence electrons. The summed E-state index contributed by atoms with van der Waals surface area (Å²) in [6.45, 7) is 48.0. The van der Waals surface area contributed by atoms with Crippen molar-refractivity contribution in [1.82, 2.24) is 9.80 Å². The van der Waals surface area contributed by atoms with E-state index in [2.05, 4.69) is 0 Å². The summed E-state index contributed by atoms with van der Waals surface area (Å²) in [4.78, 5) is 62.1. The number of carbonyl (C=O) groups excluding carboxylic acids is 4. The molecule has 2 N–H and O–H groups in total. The van der Waals surface area contributed by atoms with E-state index in [4.69, 9.17) is 18.9 Å². The van der Waals surface area contributed by atoms with Crippen LogP contribution < -0.4 is 9.80 Å². The van der Waals surface area contributed by atoms with Crippen LogP contribution in [0, 0.1) is 0 Å². The van der Waals surface area contributed by atoms with Gasteiger partial charge in [0.2, 0.25) is 0 Å². The lowest BCUT2D eigenvalue weighted by atomic mass is 9.79. The second-order valence-corrected chi connectivity index (χ2v) is 27.7. The van der Waals surface area contributed by atoms with Crippen molar-refractivity contribution in [3.05, 3.63) is 46.5 Å². The zero-order chi connectivity index (χ0) is 56.7. The highest BCUT2D eigenvalue weighted by atomic mass is 16.6. The number of hydrogen-bond donors (Lipinski definition) is 2. The van der Waals surface area contributed by atoms with Crippen LogP contribution in [0.25, 0.3) is 0 Å². The first-order valence-electron chi connectivity index (χ1n) is 26.4. The summed E-state index contributed by atoms with van der Waals surface area (Å²) in [5, 5.41) is 23.0. The monoisotopic (exact) mass is 1020 g/mol. The number of phenolic OH excluding ortho intramolecular Hbond substituents is 2. The smallest absolute Gasteiger partial charge is 0.414 e. The lowest BCUT2D eigenvalue weighted by Crippen LogP contribution is -2.41. The molecule has 0 fully saturated rings. The Labute approximate surface area is 441 Å². The van der Waals surface area contributed by atoms with Gasteiger partial charge in [-0.25, -0.2) is 19.2 Å². The van der Waals surface area contributed by atoms with E-state index in [1.807, 2.05) is 190 Å². The Hall–Kier alpha value is -4.88. The van der Waals surface area contributed by atoms with Crippen LogP contribution in [0.15, 0.2) is 24.3 Å². The van der Waals surface area contributed by atoms with Gasteiger partial charge in [0, 0.05) is 72.9 Å². The Morgan fingerprint density at radius 3 is 0.781 bits per heavy atom. The van der Waals surface area contributed by atoms with Gasteiger partial charge < -0.3 is 39.0 Å². The first-order valence-corrected chi connectivity index (χ1v) is 26.4. The molecule has 0 spiro atoms. The lowest BCUT2D eigenvalue weighted by molar-refractivity contribution is 0.0242. The van der Waals surface area contributed by atoms with Gasteiger partial charge in [-0.1, -0.05) is 83.1 Å². The van der Waals surface area contributed by atoms with Crippen molar-refractivity contribution >= 4 is 35.7 Å². The summed E-state index contributed by atoms with van der Waals surface area (Å²) in [7, 11) is 0. The van der Waals surface area contributed by atoms with Gasteiger partial charge in [-0.15, -0.1) is 0 Å². The Morgan fingerprint density at radius 2 is 0.562 bits per heavy atom. The minimum absolute atomic E-state index is 0.207. The van der Waals surface area contributed by atoms with E-state index in [1.54, 1.807) is 19.6 Å². The van der Waals surface area contributed by atoms with Gasteiger partial charge in [-0.3, -0.25) is 9.80 Å². The predicted octanol–water partition coefficient (Wildman–Crippen LogP) is 14.9. The van der Waals surface area contributed by atoms with E-state index in [1.165, 1.54) is 0 Å². The van der Waals surface area contributed by atoms with Gasteiger partial charge in [0.1, 0.15) is 33.9 Å². The van der Waals surface area contributed by atoms with Gasteiger partial charge in [-0.05, 0) is 161 Å². The Balaban J connectivity index is 2.41. The summed E-state index contributed by atoms with van der Waals surface area (Å²) in [5.41, 5.74) is -0.680. The van der Waals surface area contributed by atoms with Crippen molar-refractivity contribution in [2.24, 2.45) is 0 Å². The molecule has 73 heavy (non-hydrogen) atoms. The van der Waals surface area contributed by atoms with E-state index in [9.17, 15) is 29.4 Å². The fourth-order valence-corrected chi connectivity index (χ4v) is 7.99. The van der Waals surface area contributed by atoms with Crippen LogP contribution in [0.5, 0.6) is 11.5 Å². The number of benzene rings is 2. The van der Waals surface area contributed by atoms with Gasteiger partial charge in [-0.2, -0.15) is 0 Å². The van der Waals surface area contributed by atoms with E-state index < -0.39 is 68.4 Å². The number of amides is 4. The van der Waals surface area contributed by atoms with Gasteiger partial charge in [0.05, 0.1) is 0 Å². The molecule has 0 aliphatic heterocycles. The Morgan fingerprint density at radius 1 is 0.342 bits per heavy atom. The summed E-state index contributed by atoms with van der Waals surface area (Å²) < 4.78 is 23.6. The number of ether oxygens (including phenoxy) is 4. The molecule has 0 aliphatic rings. The summed E-state index contributed by atoms with van der Waals surface area (Å²) >= 11 is 0. The van der Waals surface area contributed by atoms with Crippen molar-refractivity contribution in [2.75, 3.05) is 49.1 Å². The van der Waals surface area contributed by atoms with E-state index in [0.717, 1.165) is 0 Å². The van der Waals surface area contributed by atoms with E-state index in [-0.39, 0.29) is 37.7 Å². The number of nitrogens with zero attached hydrogens (tertiary/aromatic N) is 4. The Bertz CT molecular complexity index is 1960. The highest BCUT2D eigenvalue weighted by Crippen LogP contribution is 2.44. The minimum Gasteiger partial charge on any atom is -0.507 e. The summed E-state index contributed by atoms with van der Waals surface area (Å²) in [6, 6.07) is 7.44. The lowest BCUT2D eigenvalue weighted by Gasteiger charge is -2.33. The molecular weight excluding hydrogens is 925 g/mol. The molecule has 4 amide bonds. The average Bonchev–Trinajstić information content (AvgIpc) is 3.15. The summed E-state index contributed by atoms with van der Waals surface area (Å²) in [6.07, 6.45) is 0.711. The molecule has 0 atom stereocenters. The molecule has 0 aliphatic carbocycles. The van der Waals surface area contributed by atoms with Crippen molar-refractivity contribution in [2.45, 2.75) is 242 Å². The molecule has 0 aromatic heterocycles. The largest absolute Gasteiger partial charge is 0.507 e. The van der Waals surface area contributed by atoms with Crippen molar-refractivity contribution < 1.29 is 48.3 Å². The number of aromatic hydroxyl groups is 2. The number of phenols is 2. The zero-order valence-corrected chi connectivity index (χ0v) is 50.0. The summed E-state index contributed by atoms with van der Waals surface area (Å²) in [5.74, 6) is 0.413. The molecule has 0 bridgehead atoms. The normalized spacial score (nSPS) is 13.0. The molecule has 0 heterocycles. The highest BCUT2D eigenvalue weighted by Gasteiger charge is 2.34. The van der Waals surface area contributed by atoms with Crippen LogP contribution >= 0.6 is 0 Å². The fraction of sp³-hybridized carbons (Fsp3) is 0.729. The first kappa shape index (κ1) is 64.2. The number of unbranched alkanes of at least 4 members (excludes halogenated alkanes) is 2. The molecule has 2 aromatic carbocycles. The van der Waals surface area contributed by atoms with Gasteiger partial charge in [0.25, 0.3) is 0 Å². The van der Waals surface area contributed by atoms with E-state index >= 15 is 0 Å². The van der Waals surface area contributed by atoms with Crippen LogP contribution in [0.1, 0.15) is 221 Å². The van der Waals surface area contributed by atoms with Crippen molar-refractivity contribution in [3.8, 4) is 11.5 Å². The number of hydrogen-bond acceptors (Lipinski definition) is 10. The molecule has 0 saturated carbocycles. The number of anilines is 2. The molecular formula is C59H100N4O10. The molecule has 0 unspecified atom stereocenters. The molecule has 0 saturated heterocycles. The molecule has 2 rings (SSSR count). The van der Waals surface area contributed by atoms with Crippen molar-refractivity contribution in [3.63, 3.8) is 0 Å².